The van der Waals surface area contributed by atoms with Crippen LogP contribution in [0.1, 0.15) is 13.3 Å². The van der Waals surface area contributed by atoms with E-state index >= 15 is 0 Å². The second-order valence-corrected chi connectivity index (χ2v) is 7.42. The second kappa shape index (κ2) is 9.02. The predicted molar refractivity (Wildman–Crippen MR) is 125 cm³/mol. The van der Waals surface area contributed by atoms with Crippen LogP contribution in [-0.4, -0.2) is 34.8 Å². The number of aromatic hydroxyl groups is 1. The minimum Gasteiger partial charge on any atom is -0.507 e. The third-order valence-electron chi connectivity index (χ3n) is 5.32. The number of methoxy groups -OCH3 is 1. The Labute approximate surface area is 181 Å². The molecule has 1 heterocycles. The smallest absolute Gasteiger partial charge is 0.165 e. The summed E-state index contributed by atoms with van der Waals surface area (Å²) in [6.07, 6.45) is 0.869. The van der Waals surface area contributed by atoms with Gasteiger partial charge in [0, 0.05) is 18.0 Å². The van der Waals surface area contributed by atoms with Gasteiger partial charge in [-0.05, 0) is 53.9 Å². The average Bonchev–Trinajstić information content (AvgIpc) is 2.82. The summed E-state index contributed by atoms with van der Waals surface area (Å²) in [6.45, 7) is 2.66. The van der Waals surface area contributed by atoms with Gasteiger partial charge in [0.2, 0.25) is 0 Å². The molecule has 4 N–H and O–H groups in total. The van der Waals surface area contributed by atoms with E-state index < -0.39 is 0 Å². The van der Waals surface area contributed by atoms with Crippen LogP contribution < -0.4 is 15.8 Å². The molecule has 0 spiro atoms. The third-order valence-corrected chi connectivity index (χ3v) is 5.32. The van der Waals surface area contributed by atoms with Crippen LogP contribution in [0.25, 0.3) is 33.4 Å². The first kappa shape index (κ1) is 20.6. The molecular formula is C25H26N4O2. The number of nitrogens with one attached hydrogen (secondary N) is 1. The minimum absolute atomic E-state index is 0.0315. The molecule has 1 aromatic heterocycles. The van der Waals surface area contributed by atoms with Crippen LogP contribution >= 0.6 is 0 Å². The molecule has 0 saturated carbocycles. The number of nitrogens with two attached hydrogens (primary N) is 1. The van der Waals surface area contributed by atoms with Gasteiger partial charge in [-0.15, -0.1) is 0 Å². The molecule has 6 heteroatoms. The van der Waals surface area contributed by atoms with Gasteiger partial charge >= 0.3 is 0 Å². The van der Waals surface area contributed by atoms with E-state index in [0.29, 0.717) is 23.8 Å². The lowest BCUT2D eigenvalue weighted by atomic mass is 10.0. The molecule has 3 aromatic carbocycles. The molecule has 6 nitrogen and oxygen atoms in total. The number of rotatable bonds is 7. The van der Waals surface area contributed by atoms with Gasteiger partial charge in [-0.2, -0.15) is 0 Å². The lowest BCUT2D eigenvalue weighted by molar-refractivity contribution is 0.415. The highest BCUT2D eigenvalue weighted by Crippen LogP contribution is 2.34. The minimum atomic E-state index is 0.0315. The SMILES string of the molecule is CC[C@H](N)CNc1nc(-c2cc(-c3ccc(OC)cc3)ccc2O)nc2ccccc12. The fourth-order valence-corrected chi connectivity index (χ4v) is 3.38. The molecule has 1 atom stereocenters. The van der Waals surface area contributed by atoms with Crippen molar-refractivity contribution >= 4 is 16.7 Å². The van der Waals surface area contributed by atoms with E-state index in [0.717, 1.165) is 34.2 Å². The van der Waals surface area contributed by atoms with Crippen LogP contribution in [0.5, 0.6) is 11.5 Å². The molecule has 0 radical (unpaired) electrons. The van der Waals surface area contributed by atoms with Crippen LogP contribution in [-0.2, 0) is 0 Å². The Morgan fingerprint density at radius 3 is 2.48 bits per heavy atom. The number of aromatic nitrogens is 2. The van der Waals surface area contributed by atoms with E-state index in [1.165, 1.54) is 0 Å². The summed E-state index contributed by atoms with van der Waals surface area (Å²) in [4.78, 5) is 9.46. The lowest BCUT2D eigenvalue weighted by Crippen LogP contribution is -2.28. The molecular weight excluding hydrogens is 388 g/mol. The summed E-state index contributed by atoms with van der Waals surface area (Å²) in [6, 6.07) is 21.1. The maximum absolute atomic E-state index is 10.6. The molecule has 0 fully saturated rings. The van der Waals surface area contributed by atoms with Crippen molar-refractivity contribution < 1.29 is 9.84 Å². The Balaban J connectivity index is 1.78. The van der Waals surface area contributed by atoms with Crippen molar-refractivity contribution in [3.63, 3.8) is 0 Å². The van der Waals surface area contributed by atoms with Gasteiger partial charge in [0.15, 0.2) is 5.82 Å². The van der Waals surface area contributed by atoms with Crippen molar-refractivity contribution in [1.82, 2.24) is 9.97 Å². The van der Waals surface area contributed by atoms with Crippen molar-refractivity contribution in [2.75, 3.05) is 19.0 Å². The summed E-state index contributed by atoms with van der Waals surface area (Å²) >= 11 is 0. The highest BCUT2D eigenvalue weighted by Gasteiger charge is 2.14. The van der Waals surface area contributed by atoms with Crippen molar-refractivity contribution in [3.8, 4) is 34.0 Å². The maximum Gasteiger partial charge on any atom is 0.165 e. The lowest BCUT2D eigenvalue weighted by Gasteiger charge is -2.14. The molecule has 4 aromatic rings. The van der Waals surface area contributed by atoms with Gasteiger partial charge < -0.3 is 20.9 Å². The van der Waals surface area contributed by atoms with E-state index in [2.05, 4.69) is 12.2 Å². The molecule has 4 rings (SSSR count). The molecule has 0 amide bonds. The summed E-state index contributed by atoms with van der Waals surface area (Å²) < 4.78 is 5.24. The topological polar surface area (TPSA) is 93.3 Å². The highest BCUT2D eigenvalue weighted by molar-refractivity contribution is 5.91. The Hall–Kier alpha value is -3.64. The zero-order valence-corrected chi connectivity index (χ0v) is 17.7. The van der Waals surface area contributed by atoms with Gasteiger partial charge in [-0.25, -0.2) is 9.97 Å². The second-order valence-electron chi connectivity index (χ2n) is 7.42. The van der Waals surface area contributed by atoms with Crippen LogP contribution in [0.3, 0.4) is 0 Å². The fraction of sp³-hybridized carbons (Fsp3) is 0.200. The number of benzene rings is 3. The number of ether oxygens (including phenoxy) is 1. The van der Waals surface area contributed by atoms with Crippen LogP contribution in [0, 0.1) is 0 Å². The van der Waals surface area contributed by atoms with Gasteiger partial charge in [0.05, 0.1) is 18.2 Å². The van der Waals surface area contributed by atoms with E-state index in [1.54, 1.807) is 13.2 Å². The standard InChI is InChI=1S/C25H26N4O2/c1-3-18(26)15-27-24-20-6-4-5-7-22(20)28-25(29-24)21-14-17(10-13-23(21)30)16-8-11-19(31-2)12-9-16/h4-14,18,30H,3,15,26H2,1-2H3,(H,27,28,29)/t18-/m0/s1. The van der Waals surface area contributed by atoms with Gasteiger partial charge in [0.1, 0.15) is 17.3 Å². The first-order chi connectivity index (χ1) is 15.1. The number of hydrogen-bond acceptors (Lipinski definition) is 6. The number of phenolic OH excluding ortho intramolecular Hbond substituents is 1. The number of phenols is 1. The average molecular weight is 415 g/mol. The maximum atomic E-state index is 10.6. The van der Waals surface area contributed by atoms with Crippen molar-refractivity contribution in [2.45, 2.75) is 19.4 Å². The summed E-state index contributed by atoms with van der Waals surface area (Å²) in [5, 5.41) is 14.9. The van der Waals surface area contributed by atoms with Gasteiger partial charge in [-0.1, -0.05) is 37.3 Å². The van der Waals surface area contributed by atoms with E-state index in [1.807, 2.05) is 60.7 Å². The number of nitrogens with zero attached hydrogens (tertiary/aromatic N) is 2. The van der Waals surface area contributed by atoms with Crippen molar-refractivity contribution in [2.24, 2.45) is 5.73 Å². The van der Waals surface area contributed by atoms with E-state index in [4.69, 9.17) is 20.4 Å². The summed E-state index contributed by atoms with van der Waals surface area (Å²) in [5.41, 5.74) is 9.42. The number of hydrogen-bond donors (Lipinski definition) is 3. The largest absolute Gasteiger partial charge is 0.507 e. The Kier molecular flexibility index (Phi) is 6.00. The zero-order valence-electron chi connectivity index (χ0n) is 17.7. The van der Waals surface area contributed by atoms with Crippen LogP contribution in [0.15, 0.2) is 66.7 Å². The Morgan fingerprint density at radius 1 is 1.00 bits per heavy atom. The number of anilines is 1. The third kappa shape index (κ3) is 4.44. The summed E-state index contributed by atoms with van der Waals surface area (Å²) in [7, 11) is 1.64. The first-order valence-electron chi connectivity index (χ1n) is 10.3. The van der Waals surface area contributed by atoms with Gasteiger partial charge in [0.25, 0.3) is 0 Å². The number of para-hydroxylation sites is 1. The molecule has 31 heavy (non-hydrogen) atoms. The van der Waals surface area contributed by atoms with E-state index in [-0.39, 0.29) is 11.8 Å². The van der Waals surface area contributed by atoms with Crippen molar-refractivity contribution in [1.29, 1.82) is 0 Å². The fourth-order valence-electron chi connectivity index (χ4n) is 3.38. The first-order valence-corrected chi connectivity index (χ1v) is 10.3. The molecule has 0 aliphatic rings. The molecule has 0 unspecified atom stereocenters. The predicted octanol–water partition coefficient (Wildman–Crippen LogP) is 4.83. The quantitative estimate of drug-likeness (QED) is 0.401. The Bertz CT molecular complexity index is 1190. The highest BCUT2D eigenvalue weighted by atomic mass is 16.5. The molecule has 0 saturated heterocycles. The molecule has 0 aliphatic heterocycles. The van der Waals surface area contributed by atoms with E-state index in [9.17, 15) is 5.11 Å². The molecule has 158 valence electrons. The van der Waals surface area contributed by atoms with Crippen LogP contribution in [0.4, 0.5) is 5.82 Å². The van der Waals surface area contributed by atoms with Gasteiger partial charge in [-0.3, -0.25) is 0 Å². The normalized spacial score (nSPS) is 12.0. The zero-order chi connectivity index (χ0) is 21.8. The summed E-state index contributed by atoms with van der Waals surface area (Å²) in [5.74, 6) is 2.09. The van der Waals surface area contributed by atoms with Crippen LogP contribution in [0.2, 0.25) is 0 Å². The monoisotopic (exact) mass is 414 g/mol. The molecule has 0 aliphatic carbocycles. The van der Waals surface area contributed by atoms with Crippen molar-refractivity contribution in [3.05, 3.63) is 66.7 Å². The molecule has 0 bridgehead atoms. The Morgan fingerprint density at radius 2 is 1.74 bits per heavy atom. The number of fused-ring (bicyclic) bond motifs is 1.